The van der Waals surface area contributed by atoms with Gasteiger partial charge in [-0.05, 0) is 24.6 Å². The predicted molar refractivity (Wildman–Crippen MR) is 69.9 cm³/mol. The Morgan fingerprint density at radius 1 is 1.44 bits per heavy atom. The Kier molecular flexibility index (Phi) is 5.92. The van der Waals surface area contributed by atoms with Gasteiger partial charge < -0.3 is 9.64 Å². The molecule has 1 rings (SSSR count). The van der Waals surface area contributed by atoms with Crippen LogP contribution in [0.25, 0.3) is 0 Å². The fraction of sp³-hybridized carbons (Fsp3) is 0.462. The predicted octanol–water partition coefficient (Wildman–Crippen LogP) is 2.93. The topological polar surface area (TPSA) is 29.5 Å². The number of halogens is 2. The fourth-order valence-electron chi connectivity index (χ4n) is 1.66. The highest BCUT2D eigenvalue weighted by molar-refractivity contribution is 6.18. The summed E-state index contributed by atoms with van der Waals surface area (Å²) in [6.45, 7) is 3.10. The zero-order chi connectivity index (χ0) is 13.5. The van der Waals surface area contributed by atoms with Gasteiger partial charge in [0.1, 0.15) is 0 Å². The van der Waals surface area contributed by atoms with Crippen molar-refractivity contribution in [2.24, 2.45) is 0 Å². The molecule has 0 aliphatic rings. The normalized spacial score (nSPS) is 10.2. The Balaban J connectivity index is 2.93. The van der Waals surface area contributed by atoms with Gasteiger partial charge in [-0.25, -0.2) is 4.39 Å². The minimum absolute atomic E-state index is 0.0724. The van der Waals surface area contributed by atoms with Gasteiger partial charge in [0.25, 0.3) is 5.91 Å². The SMILES string of the molecule is CCCN(CCCl)C(=O)c1ccc(F)c(OC)c1. The molecule has 0 aromatic heterocycles. The standard InChI is InChI=1S/C13H17ClFNO2/c1-3-7-16(8-6-14)13(17)10-4-5-11(15)12(9-10)18-2/h4-5,9H,3,6-8H2,1-2H3. The first-order valence-corrected chi connectivity index (χ1v) is 6.36. The summed E-state index contributed by atoms with van der Waals surface area (Å²) >= 11 is 5.67. The summed E-state index contributed by atoms with van der Waals surface area (Å²) in [6.07, 6.45) is 0.848. The molecule has 0 heterocycles. The molecule has 5 heteroatoms. The van der Waals surface area contributed by atoms with Crippen LogP contribution in [0.4, 0.5) is 4.39 Å². The maximum Gasteiger partial charge on any atom is 0.254 e. The van der Waals surface area contributed by atoms with Crippen LogP contribution in [0.3, 0.4) is 0 Å². The molecule has 1 aromatic rings. The lowest BCUT2D eigenvalue weighted by atomic mass is 10.1. The van der Waals surface area contributed by atoms with E-state index in [-0.39, 0.29) is 11.7 Å². The number of carbonyl (C=O) groups excluding carboxylic acids is 1. The molecule has 0 N–H and O–H groups in total. The molecule has 0 saturated heterocycles. The number of nitrogens with zero attached hydrogens (tertiary/aromatic N) is 1. The summed E-state index contributed by atoms with van der Waals surface area (Å²) in [5.74, 6) is -0.184. The second kappa shape index (κ2) is 7.21. The zero-order valence-corrected chi connectivity index (χ0v) is 11.3. The highest BCUT2D eigenvalue weighted by Gasteiger charge is 2.16. The average molecular weight is 274 g/mol. The van der Waals surface area contributed by atoms with Crippen molar-refractivity contribution in [1.29, 1.82) is 0 Å². The molecule has 18 heavy (non-hydrogen) atoms. The van der Waals surface area contributed by atoms with Crippen LogP contribution in [-0.2, 0) is 0 Å². The Labute approximate surface area is 111 Å². The first kappa shape index (κ1) is 14.8. The molecule has 0 spiro atoms. The molecule has 0 unspecified atom stereocenters. The first-order chi connectivity index (χ1) is 8.63. The van der Waals surface area contributed by atoms with Crippen LogP contribution in [0.1, 0.15) is 23.7 Å². The molecule has 1 amide bonds. The van der Waals surface area contributed by atoms with E-state index in [0.29, 0.717) is 24.5 Å². The summed E-state index contributed by atoms with van der Waals surface area (Å²) < 4.78 is 18.1. The number of alkyl halides is 1. The summed E-state index contributed by atoms with van der Waals surface area (Å²) in [6, 6.07) is 4.10. The Morgan fingerprint density at radius 3 is 2.72 bits per heavy atom. The molecule has 100 valence electrons. The Morgan fingerprint density at radius 2 is 2.17 bits per heavy atom. The van der Waals surface area contributed by atoms with Crippen LogP contribution < -0.4 is 4.74 Å². The van der Waals surface area contributed by atoms with Crippen molar-refractivity contribution in [1.82, 2.24) is 4.90 Å². The lowest BCUT2D eigenvalue weighted by Crippen LogP contribution is -2.33. The van der Waals surface area contributed by atoms with E-state index in [4.69, 9.17) is 16.3 Å². The highest BCUT2D eigenvalue weighted by Crippen LogP contribution is 2.19. The third-order valence-corrected chi connectivity index (χ3v) is 2.70. The zero-order valence-electron chi connectivity index (χ0n) is 10.6. The third kappa shape index (κ3) is 3.60. The average Bonchev–Trinajstić information content (AvgIpc) is 2.38. The van der Waals surface area contributed by atoms with Crippen LogP contribution in [0, 0.1) is 5.82 Å². The fourth-order valence-corrected chi connectivity index (χ4v) is 1.87. The summed E-state index contributed by atoms with van der Waals surface area (Å²) in [5, 5.41) is 0. The second-order valence-corrected chi connectivity index (χ2v) is 4.21. The van der Waals surface area contributed by atoms with Gasteiger partial charge in [0, 0.05) is 24.5 Å². The molecular weight excluding hydrogens is 257 g/mol. The van der Waals surface area contributed by atoms with Crippen LogP contribution in [0.5, 0.6) is 5.75 Å². The molecule has 0 aliphatic heterocycles. The monoisotopic (exact) mass is 273 g/mol. The van der Waals surface area contributed by atoms with Crippen LogP contribution in [0.15, 0.2) is 18.2 Å². The molecule has 1 aromatic carbocycles. The van der Waals surface area contributed by atoms with E-state index in [9.17, 15) is 9.18 Å². The molecule has 0 radical (unpaired) electrons. The van der Waals surface area contributed by atoms with Gasteiger partial charge in [-0.1, -0.05) is 6.92 Å². The summed E-state index contributed by atoms with van der Waals surface area (Å²) in [7, 11) is 1.37. The number of hydrogen-bond acceptors (Lipinski definition) is 2. The smallest absolute Gasteiger partial charge is 0.254 e. The maximum absolute atomic E-state index is 13.3. The lowest BCUT2D eigenvalue weighted by molar-refractivity contribution is 0.0765. The van der Waals surface area contributed by atoms with Crippen LogP contribution in [0.2, 0.25) is 0 Å². The highest BCUT2D eigenvalue weighted by atomic mass is 35.5. The summed E-state index contributed by atoms with van der Waals surface area (Å²) in [4.78, 5) is 13.8. The second-order valence-electron chi connectivity index (χ2n) is 3.83. The number of amides is 1. The van der Waals surface area contributed by atoms with Gasteiger partial charge in [0.15, 0.2) is 11.6 Å². The van der Waals surface area contributed by atoms with E-state index in [0.717, 1.165) is 6.42 Å². The Hall–Kier alpha value is -1.29. The third-order valence-electron chi connectivity index (χ3n) is 2.53. The molecule has 0 fully saturated rings. The van der Waals surface area contributed by atoms with E-state index in [1.54, 1.807) is 4.90 Å². The van der Waals surface area contributed by atoms with Crippen molar-refractivity contribution in [3.05, 3.63) is 29.6 Å². The van der Waals surface area contributed by atoms with Crippen molar-refractivity contribution in [3.63, 3.8) is 0 Å². The number of rotatable bonds is 6. The number of methoxy groups -OCH3 is 1. The van der Waals surface area contributed by atoms with E-state index in [1.807, 2.05) is 6.92 Å². The van der Waals surface area contributed by atoms with Crippen molar-refractivity contribution < 1.29 is 13.9 Å². The quantitative estimate of drug-likeness (QED) is 0.746. The van der Waals surface area contributed by atoms with E-state index >= 15 is 0 Å². The number of carbonyl (C=O) groups is 1. The van der Waals surface area contributed by atoms with Gasteiger partial charge in [0.05, 0.1) is 7.11 Å². The number of ether oxygens (including phenoxy) is 1. The van der Waals surface area contributed by atoms with E-state index < -0.39 is 5.82 Å². The molecule has 0 atom stereocenters. The van der Waals surface area contributed by atoms with Crippen molar-refractivity contribution in [2.45, 2.75) is 13.3 Å². The van der Waals surface area contributed by atoms with Gasteiger partial charge in [0.2, 0.25) is 0 Å². The molecule has 0 bridgehead atoms. The van der Waals surface area contributed by atoms with Crippen LogP contribution >= 0.6 is 11.6 Å². The van der Waals surface area contributed by atoms with E-state index in [1.165, 1.54) is 25.3 Å². The molecule has 3 nitrogen and oxygen atoms in total. The Bertz CT molecular complexity index is 406. The molecular formula is C13H17ClFNO2. The summed E-state index contributed by atoms with van der Waals surface area (Å²) in [5.41, 5.74) is 0.409. The van der Waals surface area contributed by atoms with Crippen molar-refractivity contribution >= 4 is 17.5 Å². The molecule has 0 saturated carbocycles. The number of hydrogen-bond donors (Lipinski definition) is 0. The molecule has 0 aliphatic carbocycles. The first-order valence-electron chi connectivity index (χ1n) is 5.82. The van der Waals surface area contributed by atoms with Gasteiger partial charge in [-0.15, -0.1) is 11.6 Å². The minimum Gasteiger partial charge on any atom is -0.494 e. The largest absolute Gasteiger partial charge is 0.494 e. The van der Waals surface area contributed by atoms with Gasteiger partial charge in [-0.2, -0.15) is 0 Å². The van der Waals surface area contributed by atoms with Crippen molar-refractivity contribution in [3.8, 4) is 5.75 Å². The van der Waals surface area contributed by atoms with E-state index in [2.05, 4.69) is 0 Å². The van der Waals surface area contributed by atoms with Gasteiger partial charge in [-0.3, -0.25) is 4.79 Å². The lowest BCUT2D eigenvalue weighted by Gasteiger charge is -2.21. The minimum atomic E-state index is -0.478. The van der Waals surface area contributed by atoms with Crippen molar-refractivity contribution in [2.75, 3.05) is 26.1 Å². The van der Waals surface area contributed by atoms with Gasteiger partial charge >= 0.3 is 0 Å². The number of benzene rings is 1. The van der Waals surface area contributed by atoms with Crippen LogP contribution in [-0.4, -0.2) is 36.9 Å². The maximum atomic E-state index is 13.3.